The van der Waals surface area contributed by atoms with Crippen LogP contribution in [0, 0.1) is 5.92 Å². The largest absolute Gasteiger partial charge is 0.299 e. The molecule has 1 aromatic rings. The summed E-state index contributed by atoms with van der Waals surface area (Å²) in [5, 5.41) is 4.19. The van der Waals surface area contributed by atoms with Gasteiger partial charge in [0.15, 0.2) is 0 Å². The molecular formula is C13H25N3. The molecule has 1 aromatic heterocycles. The van der Waals surface area contributed by atoms with Crippen molar-refractivity contribution < 1.29 is 0 Å². The van der Waals surface area contributed by atoms with E-state index in [1.807, 2.05) is 31.8 Å². The zero-order valence-corrected chi connectivity index (χ0v) is 11.1. The molecule has 1 aliphatic heterocycles. The third-order valence-electron chi connectivity index (χ3n) is 2.91. The van der Waals surface area contributed by atoms with Crippen LogP contribution >= 0.6 is 0 Å². The molecular weight excluding hydrogens is 198 g/mol. The lowest BCUT2D eigenvalue weighted by atomic mass is 10.0. The average molecular weight is 223 g/mol. The lowest BCUT2D eigenvalue weighted by molar-refractivity contribution is 0.176. The van der Waals surface area contributed by atoms with Gasteiger partial charge >= 0.3 is 0 Å². The Kier molecular flexibility index (Phi) is 5.53. The van der Waals surface area contributed by atoms with Crippen LogP contribution in [0.2, 0.25) is 0 Å². The average Bonchev–Trinajstić information content (AvgIpc) is 2.67. The smallest absolute Gasteiger partial charge is 0.0534 e. The molecule has 2 heterocycles. The van der Waals surface area contributed by atoms with Crippen molar-refractivity contribution in [1.29, 1.82) is 0 Å². The summed E-state index contributed by atoms with van der Waals surface area (Å²) in [5.41, 5.74) is 1.33. The Labute approximate surface area is 99.4 Å². The summed E-state index contributed by atoms with van der Waals surface area (Å²) in [7, 11) is 1.97. The monoisotopic (exact) mass is 223 g/mol. The number of aromatic nitrogens is 2. The van der Waals surface area contributed by atoms with Gasteiger partial charge in [-0.05, 0) is 25.3 Å². The molecule has 0 saturated carbocycles. The molecule has 3 nitrogen and oxygen atoms in total. The van der Waals surface area contributed by atoms with Crippen LogP contribution < -0.4 is 0 Å². The van der Waals surface area contributed by atoms with Crippen LogP contribution in [-0.4, -0.2) is 27.8 Å². The fraction of sp³-hybridized carbons (Fsp3) is 0.769. The van der Waals surface area contributed by atoms with E-state index < -0.39 is 0 Å². The van der Waals surface area contributed by atoms with Gasteiger partial charge in [0.25, 0.3) is 0 Å². The van der Waals surface area contributed by atoms with Crippen molar-refractivity contribution in [3.05, 3.63) is 18.0 Å². The number of likely N-dealkylation sites (tertiary alicyclic amines) is 1. The van der Waals surface area contributed by atoms with Crippen molar-refractivity contribution in [1.82, 2.24) is 14.7 Å². The van der Waals surface area contributed by atoms with E-state index in [4.69, 9.17) is 0 Å². The van der Waals surface area contributed by atoms with E-state index in [1.54, 1.807) is 0 Å². The van der Waals surface area contributed by atoms with Gasteiger partial charge in [-0.25, -0.2) is 0 Å². The minimum atomic E-state index is 0.862. The fourth-order valence-electron chi connectivity index (χ4n) is 2.24. The summed E-state index contributed by atoms with van der Waals surface area (Å²) in [6.07, 6.45) is 6.82. The van der Waals surface area contributed by atoms with E-state index in [-0.39, 0.29) is 0 Å². The van der Waals surface area contributed by atoms with Crippen molar-refractivity contribution in [2.45, 2.75) is 40.2 Å². The Morgan fingerprint density at radius 2 is 2.19 bits per heavy atom. The topological polar surface area (TPSA) is 21.1 Å². The number of nitrogens with zero attached hydrogens (tertiary/aromatic N) is 3. The molecule has 16 heavy (non-hydrogen) atoms. The van der Waals surface area contributed by atoms with Crippen LogP contribution in [0.1, 0.15) is 39.2 Å². The summed E-state index contributed by atoms with van der Waals surface area (Å²) in [5.74, 6) is 0.862. The molecule has 1 unspecified atom stereocenters. The van der Waals surface area contributed by atoms with Gasteiger partial charge < -0.3 is 0 Å². The van der Waals surface area contributed by atoms with Gasteiger partial charge in [-0.2, -0.15) is 5.10 Å². The molecule has 0 aliphatic carbocycles. The van der Waals surface area contributed by atoms with E-state index in [0.29, 0.717) is 0 Å². The minimum absolute atomic E-state index is 0.862. The van der Waals surface area contributed by atoms with E-state index in [9.17, 15) is 0 Å². The second-order valence-corrected chi connectivity index (χ2v) is 4.50. The molecule has 0 N–H and O–H groups in total. The highest BCUT2D eigenvalue weighted by molar-refractivity contribution is 5.03. The highest BCUT2D eigenvalue weighted by Crippen LogP contribution is 2.17. The third-order valence-corrected chi connectivity index (χ3v) is 2.91. The SMILES string of the molecule is CC.CC1CCCN(Cc2cnn(C)c2)C1. The van der Waals surface area contributed by atoms with Crippen LogP contribution in [0.4, 0.5) is 0 Å². The van der Waals surface area contributed by atoms with Crippen LogP contribution in [0.3, 0.4) is 0 Å². The Morgan fingerprint density at radius 1 is 1.44 bits per heavy atom. The predicted octanol–water partition coefficient (Wildman–Crippen LogP) is 2.68. The quantitative estimate of drug-likeness (QED) is 0.768. The molecule has 3 heteroatoms. The fourth-order valence-corrected chi connectivity index (χ4v) is 2.24. The van der Waals surface area contributed by atoms with Crippen molar-refractivity contribution in [2.24, 2.45) is 13.0 Å². The highest BCUT2D eigenvalue weighted by atomic mass is 15.2. The molecule has 0 bridgehead atoms. The Bertz CT molecular complexity index is 293. The molecule has 1 saturated heterocycles. The minimum Gasteiger partial charge on any atom is -0.299 e. The van der Waals surface area contributed by atoms with Gasteiger partial charge in [0.1, 0.15) is 0 Å². The highest BCUT2D eigenvalue weighted by Gasteiger charge is 2.16. The van der Waals surface area contributed by atoms with E-state index in [2.05, 4.69) is 23.1 Å². The number of hydrogen-bond acceptors (Lipinski definition) is 2. The molecule has 0 amide bonds. The Morgan fingerprint density at radius 3 is 2.75 bits per heavy atom. The maximum absolute atomic E-state index is 4.19. The normalized spacial score (nSPS) is 21.4. The Hall–Kier alpha value is -0.830. The summed E-state index contributed by atoms with van der Waals surface area (Å²) >= 11 is 0. The third kappa shape index (κ3) is 3.97. The maximum Gasteiger partial charge on any atom is 0.0534 e. The molecule has 2 rings (SSSR count). The Balaban J connectivity index is 0.000000606. The van der Waals surface area contributed by atoms with Gasteiger partial charge in [0.05, 0.1) is 6.20 Å². The van der Waals surface area contributed by atoms with E-state index >= 15 is 0 Å². The van der Waals surface area contributed by atoms with Gasteiger partial charge in [0, 0.05) is 31.9 Å². The van der Waals surface area contributed by atoms with E-state index in [1.165, 1.54) is 31.5 Å². The number of rotatable bonds is 2. The van der Waals surface area contributed by atoms with Crippen molar-refractivity contribution in [3.63, 3.8) is 0 Å². The molecule has 1 atom stereocenters. The van der Waals surface area contributed by atoms with Crippen LogP contribution in [0.25, 0.3) is 0 Å². The van der Waals surface area contributed by atoms with E-state index in [0.717, 1.165) is 12.5 Å². The molecule has 92 valence electrons. The van der Waals surface area contributed by atoms with Gasteiger partial charge in [0.2, 0.25) is 0 Å². The van der Waals surface area contributed by atoms with Crippen LogP contribution in [-0.2, 0) is 13.6 Å². The first-order valence-corrected chi connectivity index (χ1v) is 6.44. The summed E-state index contributed by atoms with van der Waals surface area (Å²) in [4.78, 5) is 2.53. The predicted molar refractivity (Wildman–Crippen MR) is 68.2 cm³/mol. The van der Waals surface area contributed by atoms with Crippen molar-refractivity contribution in [2.75, 3.05) is 13.1 Å². The van der Waals surface area contributed by atoms with Gasteiger partial charge in [-0.15, -0.1) is 0 Å². The first-order valence-electron chi connectivity index (χ1n) is 6.44. The zero-order chi connectivity index (χ0) is 12.0. The second-order valence-electron chi connectivity index (χ2n) is 4.50. The van der Waals surface area contributed by atoms with Crippen molar-refractivity contribution >= 4 is 0 Å². The first-order chi connectivity index (χ1) is 7.74. The molecule has 0 radical (unpaired) electrons. The van der Waals surface area contributed by atoms with Crippen LogP contribution in [0.15, 0.2) is 12.4 Å². The zero-order valence-electron chi connectivity index (χ0n) is 11.1. The molecule has 1 fully saturated rings. The molecule has 0 spiro atoms. The number of piperidine rings is 1. The van der Waals surface area contributed by atoms with Crippen molar-refractivity contribution in [3.8, 4) is 0 Å². The molecule has 1 aliphatic rings. The summed E-state index contributed by atoms with van der Waals surface area (Å²) in [6.45, 7) is 9.90. The summed E-state index contributed by atoms with van der Waals surface area (Å²) in [6, 6.07) is 0. The molecule has 0 aromatic carbocycles. The maximum atomic E-state index is 4.19. The second kappa shape index (κ2) is 6.69. The standard InChI is InChI=1S/C11H19N3.C2H6/c1-10-4-3-5-14(7-10)9-11-6-12-13(2)8-11;1-2/h6,8,10H,3-5,7,9H2,1-2H3;1-2H3. The van der Waals surface area contributed by atoms with Gasteiger partial charge in [-0.3, -0.25) is 9.58 Å². The van der Waals surface area contributed by atoms with Crippen LogP contribution in [0.5, 0.6) is 0 Å². The number of hydrogen-bond donors (Lipinski definition) is 0. The summed E-state index contributed by atoms with van der Waals surface area (Å²) < 4.78 is 1.88. The van der Waals surface area contributed by atoms with Gasteiger partial charge in [-0.1, -0.05) is 20.8 Å². The number of aryl methyl sites for hydroxylation is 1. The lowest BCUT2D eigenvalue weighted by Gasteiger charge is -2.30. The first kappa shape index (κ1) is 13.2. The lowest BCUT2D eigenvalue weighted by Crippen LogP contribution is -2.33.